The lowest BCUT2D eigenvalue weighted by molar-refractivity contribution is -0.129. The highest BCUT2D eigenvalue weighted by molar-refractivity contribution is 5.89. The summed E-state index contributed by atoms with van der Waals surface area (Å²) in [5, 5.41) is 2.93. The molecule has 0 bridgehead atoms. The van der Waals surface area contributed by atoms with Crippen LogP contribution in [0.4, 0.5) is 0 Å². The first-order valence-electron chi connectivity index (χ1n) is 8.97. The Morgan fingerprint density at radius 1 is 1.22 bits per heavy atom. The first-order valence-corrected chi connectivity index (χ1v) is 8.97. The Kier molecular flexibility index (Phi) is 4.58. The molecule has 1 aliphatic rings. The standard InChI is InChI=1S/C20H21N5O2/c1-24-17-8-3-2-7-16(17)23-18(24)11-22-20(27)14-10-19(26)25(12-14)13-15-6-4-5-9-21-15/h2-9,14H,10-13H2,1H3,(H,22,27)/t14-/m1/s1. The van der Waals surface area contributed by atoms with Crippen molar-refractivity contribution < 1.29 is 9.59 Å². The maximum atomic E-state index is 12.5. The number of carbonyl (C=O) groups excluding carboxylic acids is 2. The van der Waals surface area contributed by atoms with Crippen molar-refractivity contribution in [2.45, 2.75) is 19.5 Å². The van der Waals surface area contributed by atoms with E-state index in [0.29, 0.717) is 19.6 Å². The fraction of sp³-hybridized carbons (Fsp3) is 0.300. The fourth-order valence-electron chi connectivity index (χ4n) is 3.45. The van der Waals surface area contributed by atoms with Gasteiger partial charge in [0.25, 0.3) is 0 Å². The lowest BCUT2D eigenvalue weighted by atomic mass is 10.1. The van der Waals surface area contributed by atoms with Gasteiger partial charge in [0, 0.05) is 26.2 Å². The molecule has 1 aromatic carbocycles. The molecule has 1 atom stereocenters. The minimum Gasteiger partial charge on any atom is -0.349 e. The lowest BCUT2D eigenvalue weighted by Crippen LogP contribution is -2.33. The number of para-hydroxylation sites is 2. The zero-order chi connectivity index (χ0) is 18.8. The van der Waals surface area contributed by atoms with Gasteiger partial charge in [-0.25, -0.2) is 4.98 Å². The molecule has 0 radical (unpaired) electrons. The molecule has 2 amide bonds. The predicted octanol–water partition coefficient (Wildman–Crippen LogP) is 1.63. The third-order valence-electron chi connectivity index (χ3n) is 4.96. The van der Waals surface area contributed by atoms with Crippen molar-refractivity contribution in [3.05, 3.63) is 60.2 Å². The van der Waals surface area contributed by atoms with Crippen LogP contribution < -0.4 is 5.32 Å². The molecule has 138 valence electrons. The van der Waals surface area contributed by atoms with Crippen LogP contribution in [0.3, 0.4) is 0 Å². The van der Waals surface area contributed by atoms with Crippen LogP contribution in [0.1, 0.15) is 17.9 Å². The number of benzene rings is 1. The minimum atomic E-state index is -0.337. The Morgan fingerprint density at radius 2 is 2.04 bits per heavy atom. The Hall–Kier alpha value is -3.22. The molecule has 0 aliphatic carbocycles. The van der Waals surface area contributed by atoms with Gasteiger partial charge < -0.3 is 14.8 Å². The molecular weight excluding hydrogens is 342 g/mol. The smallest absolute Gasteiger partial charge is 0.225 e. The highest BCUT2D eigenvalue weighted by Crippen LogP contribution is 2.20. The van der Waals surface area contributed by atoms with Gasteiger partial charge in [-0.2, -0.15) is 0 Å². The number of pyridine rings is 1. The summed E-state index contributed by atoms with van der Waals surface area (Å²) in [6, 6.07) is 13.5. The maximum Gasteiger partial charge on any atom is 0.225 e. The predicted molar refractivity (Wildman–Crippen MR) is 100 cm³/mol. The Labute approximate surface area is 157 Å². The van der Waals surface area contributed by atoms with E-state index in [9.17, 15) is 9.59 Å². The summed E-state index contributed by atoms with van der Waals surface area (Å²) < 4.78 is 1.97. The Bertz CT molecular complexity index is 982. The molecule has 7 heteroatoms. The molecule has 3 aromatic rings. The van der Waals surface area contributed by atoms with Crippen LogP contribution in [-0.4, -0.2) is 37.8 Å². The van der Waals surface area contributed by atoms with Crippen LogP contribution in [0.25, 0.3) is 11.0 Å². The van der Waals surface area contributed by atoms with E-state index >= 15 is 0 Å². The van der Waals surface area contributed by atoms with Gasteiger partial charge in [-0.3, -0.25) is 14.6 Å². The number of hydrogen-bond acceptors (Lipinski definition) is 4. The lowest BCUT2D eigenvalue weighted by Gasteiger charge is -2.16. The molecule has 1 saturated heterocycles. The molecular formula is C20H21N5O2. The number of nitrogens with zero attached hydrogens (tertiary/aromatic N) is 4. The minimum absolute atomic E-state index is 0.0106. The van der Waals surface area contributed by atoms with Crippen LogP contribution in [0.5, 0.6) is 0 Å². The summed E-state index contributed by atoms with van der Waals surface area (Å²) in [5.74, 6) is 0.331. The van der Waals surface area contributed by atoms with Crippen LogP contribution >= 0.6 is 0 Å². The van der Waals surface area contributed by atoms with E-state index in [1.54, 1.807) is 11.1 Å². The zero-order valence-corrected chi connectivity index (χ0v) is 15.1. The monoisotopic (exact) mass is 363 g/mol. The van der Waals surface area contributed by atoms with E-state index in [4.69, 9.17) is 0 Å². The third-order valence-corrected chi connectivity index (χ3v) is 4.96. The quantitative estimate of drug-likeness (QED) is 0.747. The topological polar surface area (TPSA) is 80.1 Å². The van der Waals surface area contributed by atoms with Gasteiger partial charge in [-0.05, 0) is 24.3 Å². The van der Waals surface area contributed by atoms with Gasteiger partial charge >= 0.3 is 0 Å². The van der Waals surface area contributed by atoms with Crippen molar-refractivity contribution in [2.24, 2.45) is 13.0 Å². The Balaban J connectivity index is 1.37. The third kappa shape index (κ3) is 3.53. The van der Waals surface area contributed by atoms with Crippen molar-refractivity contribution in [2.75, 3.05) is 6.54 Å². The van der Waals surface area contributed by atoms with E-state index in [1.165, 1.54) is 0 Å². The number of hydrogen-bond donors (Lipinski definition) is 1. The molecule has 27 heavy (non-hydrogen) atoms. The number of rotatable bonds is 5. The van der Waals surface area contributed by atoms with E-state index in [0.717, 1.165) is 22.6 Å². The molecule has 0 spiro atoms. The molecule has 1 fully saturated rings. The number of carbonyl (C=O) groups is 2. The van der Waals surface area contributed by atoms with Gasteiger partial charge in [0.15, 0.2) is 0 Å². The van der Waals surface area contributed by atoms with Crippen LogP contribution in [0, 0.1) is 5.92 Å². The van der Waals surface area contributed by atoms with Gasteiger partial charge in [0.1, 0.15) is 5.82 Å². The van der Waals surface area contributed by atoms with Crippen LogP contribution in [-0.2, 0) is 29.7 Å². The Morgan fingerprint density at radius 3 is 2.81 bits per heavy atom. The van der Waals surface area contributed by atoms with Crippen molar-refractivity contribution >= 4 is 22.8 Å². The SMILES string of the molecule is Cn1c(CNC(=O)[C@@H]2CC(=O)N(Cc3ccccn3)C2)nc2ccccc21. The summed E-state index contributed by atoms with van der Waals surface area (Å²) in [4.78, 5) is 35.3. The maximum absolute atomic E-state index is 12.5. The molecule has 0 unspecified atom stereocenters. The van der Waals surface area contributed by atoms with Crippen LogP contribution in [0.15, 0.2) is 48.7 Å². The molecule has 3 heterocycles. The molecule has 2 aromatic heterocycles. The van der Waals surface area contributed by atoms with E-state index in [2.05, 4.69) is 15.3 Å². The molecule has 1 N–H and O–H groups in total. The first-order chi connectivity index (χ1) is 13.1. The normalized spacial score (nSPS) is 16.9. The summed E-state index contributed by atoms with van der Waals surface area (Å²) in [6.07, 6.45) is 1.94. The fourth-order valence-corrected chi connectivity index (χ4v) is 3.45. The summed E-state index contributed by atoms with van der Waals surface area (Å²) in [6.45, 7) is 1.20. The second-order valence-corrected chi connectivity index (χ2v) is 6.79. The van der Waals surface area contributed by atoms with Gasteiger partial charge in [0.05, 0.1) is 35.7 Å². The second-order valence-electron chi connectivity index (χ2n) is 6.79. The van der Waals surface area contributed by atoms with E-state index < -0.39 is 0 Å². The van der Waals surface area contributed by atoms with Crippen molar-refractivity contribution in [3.8, 4) is 0 Å². The van der Waals surface area contributed by atoms with Gasteiger partial charge in [-0.15, -0.1) is 0 Å². The highest BCUT2D eigenvalue weighted by atomic mass is 16.2. The number of fused-ring (bicyclic) bond motifs is 1. The summed E-state index contributed by atoms with van der Waals surface area (Å²) >= 11 is 0. The molecule has 0 saturated carbocycles. The number of aromatic nitrogens is 3. The number of likely N-dealkylation sites (tertiary alicyclic amines) is 1. The molecule has 1 aliphatic heterocycles. The van der Waals surface area contributed by atoms with Gasteiger partial charge in [-0.1, -0.05) is 18.2 Å². The molecule has 7 nitrogen and oxygen atoms in total. The number of aryl methyl sites for hydroxylation is 1. The van der Waals surface area contributed by atoms with Gasteiger partial charge in [0.2, 0.25) is 11.8 Å². The van der Waals surface area contributed by atoms with E-state index in [1.807, 2.05) is 54.1 Å². The van der Waals surface area contributed by atoms with Crippen LogP contribution in [0.2, 0.25) is 0 Å². The van der Waals surface area contributed by atoms with E-state index in [-0.39, 0.29) is 24.2 Å². The number of amides is 2. The zero-order valence-electron chi connectivity index (χ0n) is 15.1. The average Bonchev–Trinajstić information content (AvgIpc) is 3.21. The number of imidazole rings is 1. The average molecular weight is 363 g/mol. The van der Waals surface area contributed by atoms with Crippen molar-refractivity contribution in [3.63, 3.8) is 0 Å². The molecule has 4 rings (SSSR count). The summed E-state index contributed by atoms with van der Waals surface area (Å²) in [7, 11) is 1.94. The second kappa shape index (κ2) is 7.19. The van der Waals surface area contributed by atoms with Crippen molar-refractivity contribution in [1.82, 2.24) is 24.8 Å². The summed E-state index contributed by atoms with van der Waals surface area (Å²) in [5.41, 5.74) is 2.76. The largest absolute Gasteiger partial charge is 0.349 e. The first kappa shape index (κ1) is 17.2. The number of nitrogens with one attached hydrogen (secondary N) is 1. The van der Waals surface area contributed by atoms with Crippen molar-refractivity contribution in [1.29, 1.82) is 0 Å². The highest BCUT2D eigenvalue weighted by Gasteiger charge is 2.34.